The van der Waals surface area contributed by atoms with Crippen LogP contribution in [0.3, 0.4) is 0 Å². The predicted octanol–water partition coefficient (Wildman–Crippen LogP) is 13.7. The molecule has 0 amide bonds. The van der Waals surface area contributed by atoms with Crippen molar-refractivity contribution in [3.05, 3.63) is 181 Å². The maximum Gasteiger partial charge on any atom is 0.143 e. The van der Waals surface area contributed by atoms with E-state index in [-0.39, 0.29) is 0 Å². The van der Waals surface area contributed by atoms with Gasteiger partial charge >= 0.3 is 0 Å². The van der Waals surface area contributed by atoms with Crippen molar-refractivity contribution >= 4 is 54.3 Å². The molecule has 0 aliphatic rings. The molecule has 1 heteroatoms. The molecule has 0 aliphatic heterocycles. The second-order valence-corrected chi connectivity index (χ2v) is 10.5. The molecule has 228 valence electrons. The second kappa shape index (κ2) is 11.1. The van der Waals surface area contributed by atoms with Gasteiger partial charge in [0.25, 0.3) is 0 Å². The lowest BCUT2D eigenvalue weighted by Crippen LogP contribution is -1.91. The van der Waals surface area contributed by atoms with Crippen molar-refractivity contribution in [1.29, 1.82) is 0 Å². The normalized spacial score (nSPS) is 20.2. The summed E-state index contributed by atoms with van der Waals surface area (Å²) in [6, 6.07) is -28.6. The molecule has 10 rings (SSSR count). The molecule has 0 radical (unpaired) electrons. The molecule has 0 saturated heterocycles. The lowest BCUT2D eigenvalue weighted by atomic mass is 9.85. The van der Waals surface area contributed by atoms with Gasteiger partial charge < -0.3 is 4.42 Å². The molecule has 0 spiro atoms. The molecule has 1 nitrogen and oxygen atoms in total. The Morgan fingerprint density at radius 3 is 1.53 bits per heavy atom. The van der Waals surface area contributed by atoms with E-state index in [0.29, 0.717) is 0 Å². The van der Waals surface area contributed by atoms with E-state index in [0.717, 1.165) is 0 Å². The number of para-hydroxylation sites is 1. The van der Waals surface area contributed by atoms with Crippen molar-refractivity contribution in [2.45, 2.75) is 0 Å². The molecule has 9 aromatic carbocycles. The summed E-state index contributed by atoms with van der Waals surface area (Å²) in [5.74, 6) is 0. The zero-order chi connectivity index (χ0) is 58.4. The molecule has 10 aromatic rings. The Hall–Kier alpha value is -6.44. The van der Waals surface area contributed by atoms with E-state index in [4.69, 9.17) is 30.5 Å². The first-order valence-corrected chi connectivity index (χ1v) is 14.4. The highest BCUT2D eigenvalue weighted by molar-refractivity contribution is 6.22. The summed E-state index contributed by atoms with van der Waals surface area (Å²) in [6.07, 6.45) is 0. The minimum Gasteiger partial charge on any atom is -0.455 e. The number of rotatable bonds is 4. The Labute approximate surface area is 326 Å². The molecular weight excluding hydrogens is 593 g/mol. The van der Waals surface area contributed by atoms with Crippen LogP contribution in [0, 0.1) is 0 Å². The molecule has 0 bridgehead atoms. The monoisotopic (exact) mass is 652 g/mol. The molecular formula is C48H30O. The highest BCUT2D eigenvalue weighted by atomic mass is 16.3. The Balaban J connectivity index is 1.43. The number of hydrogen-bond donors (Lipinski definition) is 0. The van der Waals surface area contributed by atoms with Crippen molar-refractivity contribution in [2.75, 3.05) is 0 Å². The minimum atomic E-state index is -1.12. The number of benzene rings is 9. The molecule has 0 atom stereocenters. The summed E-state index contributed by atoms with van der Waals surface area (Å²) < 4.78 is 275. The zero-order valence-corrected chi connectivity index (χ0v) is 24.4. The minimum absolute atomic E-state index is 0.530. The molecule has 0 saturated carbocycles. The first-order chi connectivity index (χ1) is 36.8. The largest absolute Gasteiger partial charge is 0.455 e. The average molecular weight is 653 g/mol. The maximum atomic E-state index is 9.78. The van der Waals surface area contributed by atoms with Crippen LogP contribution in [0.25, 0.3) is 98.8 Å². The van der Waals surface area contributed by atoms with E-state index < -0.39 is 280 Å². The summed E-state index contributed by atoms with van der Waals surface area (Å²) in [5.41, 5.74) is -7.57. The summed E-state index contributed by atoms with van der Waals surface area (Å²) in [4.78, 5) is 0. The summed E-state index contributed by atoms with van der Waals surface area (Å²) >= 11 is 0. The topological polar surface area (TPSA) is 13.1 Å². The van der Waals surface area contributed by atoms with Crippen LogP contribution < -0.4 is 0 Å². The summed E-state index contributed by atoms with van der Waals surface area (Å²) in [6.45, 7) is 0. The standard InChI is InChI=1S/C48H30O/c1-2-12-32(13-3-1)38-22-11-23-44-39-29-28-35(30-45(39)49-48(38)44)47-42-19-8-6-17-40(42)46(41-18-7-9-20-43(41)47)34-26-24-33(25-27-34)37-21-10-15-31-14-4-5-16-36(31)37/h1-30H/i1D,2D,3D,4D,5D,6D,7D,8D,9D,10D,11D,12D,13D,14D,15D,16D,17D,18D,19D,20D,21D,22D,23D,24D,25D,26D,27D,28D,29D,30D. The third-order valence-corrected chi connectivity index (χ3v) is 7.87. The quantitative estimate of drug-likeness (QED) is 0.172. The van der Waals surface area contributed by atoms with E-state index in [1.807, 2.05) is 0 Å². The summed E-state index contributed by atoms with van der Waals surface area (Å²) in [5, 5.41) is -5.44. The van der Waals surface area contributed by atoms with Crippen molar-refractivity contribution in [1.82, 2.24) is 0 Å². The van der Waals surface area contributed by atoms with Crippen LogP contribution in [-0.2, 0) is 0 Å². The van der Waals surface area contributed by atoms with E-state index in [1.165, 1.54) is 0 Å². The van der Waals surface area contributed by atoms with Gasteiger partial charge in [-0.1, -0.05) is 169 Å². The highest BCUT2D eigenvalue weighted by Crippen LogP contribution is 2.45. The Kier molecular flexibility index (Phi) is 2.50. The molecule has 0 unspecified atom stereocenters. The van der Waals surface area contributed by atoms with Gasteiger partial charge in [-0.15, -0.1) is 0 Å². The fourth-order valence-electron chi connectivity index (χ4n) is 5.78. The first kappa shape index (κ1) is 11.1. The van der Waals surface area contributed by atoms with Crippen molar-refractivity contribution < 1.29 is 45.5 Å². The zero-order valence-electron chi connectivity index (χ0n) is 54.4. The van der Waals surface area contributed by atoms with E-state index >= 15 is 0 Å². The van der Waals surface area contributed by atoms with Crippen LogP contribution in [0.4, 0.5) is 0 Å². The lowest BCUT2D eigenvalue weighted by Gasteiger charge is -2.18. The van der Waals surface area contributed by atoms with Gasteiger partial charge in [0.2, 0.25) is 0 Å². The van der Waals surface area contributed by atoms with Gasteiger partial charge in [-0.05, 0) is 83.3 Å². The van der Waals surface area contributed by atoms with Gasteiger partial charge in [-0.3, -0.25) is 0 Å². The van der Waals surface area contributed by atoms with Gasteiger partial charge in [-0.2, -0.15) is 0 Å². The number of fused-ring (bicyclic) bond motifs is 6. The van der Waals surface area contributed by atoms with Crippen LogP contribution in [0.1, 0.15) is 41.1 Å². The molecule has 1 aromatic heterocycles. The van der Waals surface area contributed by atoms with E-state index in [9.17, 15) is 15.1 Å². The van der Waals surface area contributed by atoms with E-state index in [1.54, 1.807) is 0 Å². The molecule has 0 N–H and O–H groups in total. The molecule has 0 fully saturated rings. The Morgan fingerprint density at radius 1 is 0.327 bits per heavy atom. The van der Waals surface area contributed by atoms with Crippen LogP contribution in [0.5, 0.6) is 0 Å². The number of furan rings is 1. The Morgan fingerprint density at radius 2 is 0.816 bits per heavy atom. The molecule has 0 aliphatic carbocycles. The summed E-state index contributed by atoms with van der Waals surface area (Å²) in [7, 11) is 0. The average Bonchev–Trinajstić information content (AvgIpc) is 4.05. The van der Waals surface area contributed by atoms with E-state index in [2.05, 4.69) is 0 Å². The molecule has 49 heavy (non-hydrogen) atoms. The van der Waals surface area contributed by atoms with Crippen LogP contribution in [0.2, 0.25) is 0 Å². The fourth-order valence-corrected chi connectivity index (χ4v) is 5.78. The molecule has 1 heterocycles. The van der Waals surface area contributed by atoms with Gasteiger partial charge in [0, 0.05) is 16.3 Å². The third kappa shape index (κ3) is 4.40. The van der Waals surface area contributed by atoms with Crippen LogP contribution in [-0.4, -0.2) is 0 Å². The van der Waals surface area contributed by atoms with Crippen molar-refractivity contribution in [2.24, 2.45) is 0 Å². The first-order valence-electron chi connectivity index (χ1n) is 29.4. The fraction of sp³-hybridized carbons (Fsp3) is 0. The van der Waals surface area contributed by atoms with Gasteiger partial charge in [0.05, 0.1) is 41.1 Å². The number of hydrogen-bond acceptors (Lipinski definition) is 1. The van der Waals surface area contributed by atoms with Crippen molar-refractivity contribution in [3.8, 4) is 44.5 Å². The predicted molar refractivity (Wildman–Crippen MR) is 208 cm³/mol. The third-order valence-electron chi connectivity index (χ3n) is 7.87. The van der Waals surface area contributed by atoms with Gasteiger partial charge in [0.15, 0.2) is 0 Å². The lowest BCUT2D eigenvalue weighted by molar-refractivity contribution is 0.670. The second-order valence-electron chi connectivity index (χ2n) is 10.5. The van der Waals surface area contributed by atoms with Gasteiger partial charge in [0.1, 0.15) is 11.2 Å². The van der Waals surface area contributed by atoms with Crippen molar-refractivity contribution in [3.63, 3.8) is 0 Å². The smallest absolute Gasteiger partial charge is 0.143 e. The van der Waals surface area contributed by atoms with Crippen LogP contribution >= 0.6 is 0 Å². The highest BCUT2D eigenvalue weighted by Gasteiger charge is 2.19. The SMILES string of the molecule is [2H]c1c([2H])c([2H])c(-c2c([2H])c([2H])c([2H])c3c2oc2c([2H])c(-c4c5c([2H])c([2H])c([2H])c([2H])c5c(-c5c([2H])c([2H])c(-c6c([2H])c([2H])c([2H])c7c([2H])c([2H])c([2H])c([2H])c67)c([2H])c5[2H])c5c([2H])c([2H])c([2H])c([2H])c45)c([2H])c([2H])c23)c([2H])c1[2H]. The Bertz CT molecular complexity index is 4450. The maximum absolute atomic E-state index is 9.78. The van der Waals surface area contributed by atoms with Crippen LogP contribution in [0.15, 0.2) is 186 Å². The van der Waals surface area contributed by atoms with Gasteiger partial charge in [-0.25, -0.2) is 0 Å².